The second kappa shape index (κ2) is 8.43. The van der Waals surface area contributed by atoms with Gasteiger partial charge in [-0.15, -0.1) is 11.3 Å². The van der Waals surface area contributed by atoms with Gasteiger partial charge < -0.3 is 29.7 Å². The fraction of sp³-hybridized carbons (Fsp3) is 0.429. The Bertz CT molecular complexity index is 974. The summed E-state index contributed by atoms with van der Waals surface area (Å²) in [6.07, 6.45) is -0.0569. The quantitative estimate of drug-likeness (QED) is 0.753. The van der Waals surface area contributed by atoms with Crippen molar-refractivity contribution in [2.24, 2.45) is 0 Å². The van der Waals surface area contributed by atoms with E-state index < -0.39 is 0 Å². The van der Waals surface area contributed by atoms with Gasteiger partial charge in [0.2, 0.25) is 0 Å². The van der Waals surface area contributed by atoms with Gasteiger partial charge in [-0.05, 0) is 43.5 Å². The van der Waals surface area contributed by atoms with Crippen LogP contribution < -0.4 is 20.1 Å². The molecule has 0 spiro atoms. The lowest BCUT2D eigenvalue weighted by molar-refractivity contribution is 0.0934. The Kier molecular flexibility index (Phi) is 5.72. The number of carbonyl (C=O) groups is 2. The van der Waals surface area contributed by atoms with Crippen molar-refractivity contribution >= 4 is 28.3 Å². The predicted octanol–water partition coefficient (Wildman–Crippen LogP) is 3.52. The van der Waals surface area contributed by atoms with Crippen LogP contribution in [0.25, 0.3) is 0 Å². The Morgan fingerprint density at radius 1 is 1.23 bits per heavy atom. The molecule has 0 saturated heterocycles. The van der Waals surface area contributed by atoms with E-state index in [0.717, 1.165) is 21.0 Å². The number of hydrogen-bond acceptors (Lipinski definition) is 7. The third kappa shape index (κ3) is 3.65. The molecule has 0 aliphatic carbocycles. The van der Waals surface area contributed by atoms with E-state index >= 15 is 0 Å². The van der Waals surface area contributed by atoms with Crippen LogP contribution in [0.1, 0.15) is 46.4 Å². The van der Waals surface area contributed by atoms with E-state index in [9.17, 15) is 9.59 Å². The summed E-state index contributed by atoms with van der Waals surface area (Å²) in [6.45, 7) is 5.60. The predicted molar refractivity (Wildman–Crippen MR) is 113 cm³/mol. The molecule has 2 aromatic rings. The monoisotopic (exact) mass is 431 g/mol. The van der Waals surface area contributed by atoms with Gasteiger partial charge in [0.15, 0.2) is 11.5 Å². The Morgan fingerprint density at radius 2 is 2.07 bits per heavy atom. The molecule has 1 aromatic carbocycles. The molecule has 1 atom stereocenters. The van der Waals surface area contributed by atoms with Crippen LogP contribution in [0.5, 0.6) is 11.5 Å². The molecule has 1 aromatic heterocycles. The fourth-order valence-corrected chi connectivity index (χ4v) is 5.08. The summed E-state index contributed by atoms with van der Waals surface area (Å²) in [5, 5.41) is 7.29. The van der Waals surface area contributed by atoms with Crippen molar-refractivity contribution in [3.05, 3.63) is 39.8 Å². The van der Waals surface area contributed by atoms with E-state index in [0.29, 0.717) is 49.8 Å². The number of hydrogen-bond donors (Lipinski definition) is 2. The average molecular weight is 432 g/mol. The molecule has 3 heterocycles. The number of amides is 2. The summed E-state index contributed by atoms with van der Waals surface area (Å²) >= 11 is 1.52. The van der Waals surface area contributed by atoms with Gasteiger partial charge in [0.05, 0.1) is 32.4 Å². The van der Waals surface area contributed by atoms with Crippen LogP contribution in [0.2, 0.25) is 0 Å². The van der Waals surface area contributed by atoms with Crippen LogP contribution in [0.3, 0.4) is 0 Å². The first kappa shape index (κ1) is 20.3. The number of thiophene rings is 1. The zero-order chi connectivity index (χ0) is 21.3. The van der Waals surface area contributed by atoms with Crippen molar-refractivity contribution < 1.29 is 23.8 Å². The Labute approximate surface area is 179 Å². The fourth-order valence-electron chi connectivity index (χ4n) is 3.79. The second-order valence-corrected chi connectivity index (χ2v) is 8.08. The number of methoxy groups -OCH3 is 1. The Balaban J connectivity index is 1.58. The van der Waals surface area contributed by atoms with Gasteiger partial charge in [-0.2, -0.15) is 0 Å². The molecule has 0 fully saturated rings. The number of nitrogens with zero attached hydrogens (tertiary/aromatic N) is 1. The summed E-state index contributed by atoms with van der Waals surface area (Å²) < 4.78 is 16.1. The second-order valence-electron chi connectivity index (χ2n) is 6.97. The van der Waals surface area contributed by atoms with Gasteiger partial charge in [0, 0.05) is 11.4 Å². The first-order chi connectivity index (χ1) is 14.5. The third-order valence-electron chi connectivity index (χ3n) is 5.18. The topological polar surface area (TPSA) is 89.1 Å². The van der Waals surface area contributed by atoms with Gasteiger partial charge in [-0.25, -0.2) is 4.79 Å². The molecule has 0 radical (unpaired) electrons. The Hall–Kier alpha value is -2.94. The molecule has 2 N–H and O–H groups in total. The van der Waals surface area contributed by atoms with Crippen LogP contribution in [-0.4, -0.2) is 43.8 Å². The molecule has 30 heavy (non-hydrogen) atoms. The van der Waals surface area contributed by atoms with Gasteiger partial charge in [-0.3, -0.25) is 4.79 Å². The van der Waals surface area contributed by atoms with Gasteiger partial charge in [-0.1, -0.05) is 6.07 Å². The molecule has 2 amide bonds. The van der Waals surface area contributed by atoms with Crippen molar-refractivity contribution in [3.8, 4) is 11.5 Å². The zero-order valence-corrected chi connectivity index (χ0v) is 18.1. The van der Waals surface area contributed by atoms with E-state index in [1.54, 1.807) is 18.9 Å². The highest BCUT2D eigenvalue weighted by Gasteiger charge is 2.34. The van der Waals surface area contributed by atoms with Crippen molar-refractivity contribution in [3.63, 3.8) is 0 Å². The smallest absolute Gasteiger partial charge is 0.410 e. The molecule has 2 aliphatic rings. The minimum absolute atomic E-state index is 0.108. The number of anilines is 1. The van der Waals surface area contributed by atoms with E-state index in [4.69, 9.17) is 14.2 Å². The summed E-state index contributed by atoms with van der Waals surface area (Å²) in [7, 11) is 1.59. The van der Waals surface area contributed by atoms with Crippen molar-refractivity contribution in [1.29, 1.82) is 0 Å². The normalized spacial score (nSPS) is 17.4. The lowest BCUT2D eigenvalue weighted by Crippen LogP contribution is -2.39. The molecular weight excluding hydrogens is 406 g/mol. The van der Waals surface area contributed by atoms with Gasteiger partial charge >= 0.3 is 6.09 Å². The lowest BCUT2D eigenvalue weighted by Gasteiger charge is -2.28. The van der Waals surface area contributed by atoms with Crippen molar-refractivity contribution in [2.45, 2.75) is 33.0 Å². The molecule has 8 nitrogen and oxygen atoms in total. The molecule has 0 bridgehead atoms. The standard InChI is InChI=1S/C21H25N3O5S/c1-4-28-14-7-6-12(10-15(14)27-3)18-22-19(25)17-13-8-9-24(21(26)29-5-2)11-16(13)30-20(17)23-18/h6-7,10,18,23H,4-5,8-9,11H2,1-3H3,(H,22,25). The van der Waals surface area contributed by atoms with Crippen LogP contribution in [0.15, 0.2) is 18.2 Å². The largest absolute Gasteiger partial charge is 0.493 e. The van der Waals surface area contributed by atoms with Crippen molar-refractivity contribution in [1.82, 2.24) is 10.2 Å². The highest BCUT2D eigenvalue weighted by molar-refractivity contribution is 7.16. The van der Waals surface area contributed by atoms with Crippen LogP contribution in [0.4, 0.5) is 9.80 Å². The first-order valence-electron chi connectivity index (χ1n) is 10.00. The van der Waals surface area contributed by atoms with Gasteiger partial charge in [0.25, 0.3) is 5.91 Å². The maximum Gasteiger partial charge on any atom is 0.410 e. The van der Waals surface area contributed by atoms with Gasteiger partial charge in [0.1, 0.15) is 11.2 Å². The molecule has 4 rings (SSSR count). The molecular formula is C21H25N3O5S. The summed E-state index contributed by atoms with van der Waals surface area (Å²) in [5.74, 6) is 1.17. The highest BCUT2D eigenvalue weighted by atomic mass is 32.1. The summed E-state index contributed by atoms with van der Waals surface area (Å²) in [6, 6.07) is 5.62. The van der Waals surface area contributed by atoms with Crippen LogP contribution in [0, 0.1) is 0 Å². The minimum atomic E-state index is -0.379. The third-order valence-corrected chi connectivity index (χ3v) is 6.33. The van der Waals surface area contributed by atoms with Crippen LogP contribution >= 0.6 is 11.3 Å². The maximum atomic E-state index is 12.9. The zero-order valence-electron chi connectivity index (χ0n) is 17.2. The first-order valence-corrected chi connectivity index (χ1v) is 10.8. The summed E-state index contributed by atoms with van der Waals surface area (Å²) in [4.78, 5) is 27.7. The van der Waals surface area contributed by atoms with E-state index in [1.807, 2.05) is 25.1 Å². The van der Waals surface area contributed by atoms with Crippen molar-refractivity contribution in [2.75, 3.05) is 32.2 Å². The molecule has 2 aliphatic heterocycles. The summed E-state index contributed by atoms with van der Waals surface area (Å²) in [5.41, 5.74) is 2.57. The molecule has 160 valence electrons. The highest BCUT2D eigenvalue weighted by Crippen LogP contribution is 2.41. The van der Waals surface area contributed by atoms with Crippen LogP contribution in [-0.2, 0) is 17.7 Å². The number of nitrogens with one attached hydrogen (secondary N) is 2. The average Bonchev–Trinajstić information content (AvgIpc) is 3.12. The molecule has 9 heteroatoms. The van der Waals surface area contributed by atoms with E-state index in [-0.39, 0.29) is 18.2 Å². The Morgan fingerprint density at radius 3 is 2.80 bits per heavy atom. The molecule has 1 unspecified atom stereocenters. The number of fused-ring (bicyclic) bond motifs is 3. The number of benzene rings is 1. The lowest BCUT2D eigenvalue weighted by atomic mass is 10.0. The number of rotatable bonds is 5. The number of carbonyl (C=O) groups excluding carboxylic acids is 2. The minimum Gasteiger partial charge on any atom is -0.493 e. The molecule has 0 saturated carbocycles. The van der Waals surface area contributed by atoms with E-state index in [1.165, 1.54) is 11.3 Å². The maximum absolute atomic E-state index is 12.9. The number of ether oxygens (including phenoxy) is 3. The van der Waals surface area contributed by atoms with E-state index in [2.05, 4.69) is 10.6 Å². The SMILES string of the molecule is CCOC(=O)N1CCc2c(sc3c2C(=O)NC(c2ccc(OCC)c(OC)c2)N3)C1.